The van der Waals surface area contributed by atoms with E-state index in [-0.39, 0.29) is 11.1 Å². The monoisotopic (exact) mass is 187 g/mol. The van der Waals surface area contributed by atoms with E-state index in [0.29, 0.717) is 5.76 Å². The van der Waals surface area contributed by atoms with Gasteiger partial charge >= 0.3 is 0 Å². The lowest BCUT2D eigenvalue weighted by Crippen LogP contribution is -2.09. The maximum absolute atomic E-state index is 10.6. The van der Waals surface area contributed by atoms with Gasteiger partial charge < -0.3 is 4.52 Å². The van der Waals surface area contributed by atoms with E-state index in [2.05, 4.69) is 5.16 Å². The first-order valence-corrected chi connectivity index (χ1v) is 3.96. The highest BCUT2D eigenvalue weighted by atomic mass is 35.5. The summed E-state index contributed by atoms with van der Waals surface area (Å²) in [5.41, 5.74) is 0.0269. The van der Waals surface area contributed by atoms with Gasteiger partial charge in [-0.25, -0.2) is 0 Å². The summed E-state index contributed by atoms with van der Waals surface area (Å²) in [6.07, 6.45) is 0. The predicted octanol–water partition coefficient (Wildman–Crippen LogP) is 2.35. The van der Waals surface area contributed by atoms with Crippen molar-refractivity contribution in [3.05, 3.63) is 17.5 Å². The highest BCUT2D eigenvalue weighted by Crippen LogP contribution is 2.22. The van der Waals surface area contributed by atoms with Gasteiger partial charge in [0.05, 0.1) is 0 Å². The third-order valence-electron chi connectivity index (χ3n) is 1.45. The minimum atomic E-state index is -0.589. The average Bonchev–Trinajstić information content (AvgIpc) is 2.30. The predicted molar refractivity (Wildman–Crippen MR) is 45.4 cm³/mol. The molecule has 1 rings (SSSR count). The molecule has 0 spiro atoms. The molecule has 12 heavy (non-hydrogen) atoms. The van der Waals surface area contributed by atoms with Crippen molar-refractivity contribution in [3.8, 4) is 0 Å². The van der Waals surface area contributed by atoms with Crippen molar-refractivity contribution in [3.63, 3.8) is 0 Å². The first-order chi connectivity index (χ1) is 5.41. The second-order valence-corrected chi connectivity index (χ2v) is 3.94. The molecule has 0 fully saturated rings. The van der Waals surface area contributed by atoms with Crippen LogP contribution in [0.5, 0.6) is 0 Å². The van der Waals surface area contributed by atoms with E-state index in [1.807, 2.05) is 20.8 Å². The fourth-order valence-electron chi connectivity index (χ4n) is 0.721. The molecule has 3 nitrogen and oxygen atoms in total. The summed E-state index contributed by atoms with van der Waals surface area (Å²) in [5.74, 6) is 0.659. The van der Waals surface area contributed by atoms with Crippen molar-refractivity contribution in [1.29, 1.82) is 0 Å². The second-order valence-electron chi connectivity index (χ2n) is 3.60. The molecule has 0 aliphatic carbocycles. The molecule has 1 aromatic heterocycles. The van der Waals surface area contributed by atoms with Crippen molar-refractivity contribution in [2.75, 3.05) is 0 Å². The normalized spacial score (nSPS) is 11.7. The second kappa shape index (κ2) is 2.90. The van der Waals surface area contributed by atoms with Gasteiger partial charge in [-0.05, 0) is 11.6 Å². The summed E-state index contributed by atoms with van der Waals surface area (Å²) >= 11 is 5.21. The smallest absolute Gasteiger partial charge is 0.274 e. The van der Waals surface area contributed by atoms with Gasteiger partial charge in [0, 0.05) is 11.5 Å². The molecule has 0 radical (unpaired) electrons. The van der Waals surface area contributed by atoms with Gasteiger partial charge in [-0.15, -0.1) is 0 Å². The third kappa shape index (κ3) is 1.85. The van der Waals surface area contributed by atoms with E-state index in [1.54, 1.807) is 6.07 Å². The van der Waals surface area contributed by atoms with E-state index in [1.165, 1.54) is 0 Å². The number of hydrogen-bond acceptors (Lipinski definition) is 3. The first kappa shape index (κ1) is 9.26. The quantitative estimate of drug-likeness (QED) is 0.634. The standard InChI is InChI=1S/C8H10ClNO2/c1-8(2,3)6-4-5(7(9)11)10-12-6/h4H,1-3H3. The molecule has 0 bridgehead atoms. The van der Waals surface area contributed by atoms with Crippen molar-refractivity contribution in [2.24, 2.45) is 0 Å². The molecule has 0 saturated heterocycles. The Bertz CT molecular complexity index is 298. The molecule has 0 saturated carbocycles. The first-order valence-electron chi connectivity index (χ1n) is 3.58. The molecular formula is C8H10ClNO2. The Morgan fingerprint density at radius 3 is 2.42 bits per heavy atom. The van der Waals surface area contributed by atoms with Gasteiger partial charge in [0.1, 0.15) is 5.76 Å². The van der Waals surface area contributed by atoms with Gasteiger partial charge in [0.15, 0.2) is 5.69 Å². The van der Waals surface area contributed by atoms with E-state index >= 15 is 0 Å². The van der Waals surface area contributed by atoms with Crippen molar-refractivity contribution in [2.45, 2.75) is 26.2 Å². The number of carbonyl (C=O) groups excluding carboxylic acids is 1. The summed E-state index contributed by atoms with van der Waals surface area (Å²) in [7, 11) is 0. The summed E-state index contributed by atoms with van der Waals surface area (Å²) in [6, 6.07) is 1.56. The molecule has 0 aromatic carbocycles. The molecule has 0 aliphatic rings. The molecule has 0 N–H and O–H groups in total. The zero-order valence-corrected chi connectivity index (χ0v) is 7.97. The summed E-state index contributed by atoms with van der Waals surface area (Å²) in [6.45, 7) is 5.90. The fraction of sp³-hybridized carbons (Fsp3) is 0.500. The highest BCUT2D eigenvalue weighted by molar-refractivity contribution is 6.67. The van der Waals surface area contributed by atoms with Crippen LogP contribution in [0.25, 0.3) is 0 Å². The van der Waals surface area contributed by atoms with Gasteiger partial charge in [-0.1, -0.05) is 25.9 Å². The number of rotatable bonds is 1. The van der Waals surface area contributed by atoms with Crippen molar-refractivity contribution >= 4 is 16.8 Å². The van der Waals surface area contributed by atoms with Gasteiger partial charge in [-0.3, -0.25) is 4.79 Å². The maximum Gasteiger partial charge on any atom is 0.274 e. The van der Waals surface area contributed by atoms with E-state index < -0.39 is 5.24 Å². The van der Waals surface area contributed by atoms with Crippen LogP contribution in [-0.4, -0.2) is 10.4 Å². The minimum Gasteiger partial charge on any atom is -0.360 e. The summed E-state index contributed by atoms with van der Waals surface area (Å²) < 4.78 is 4.94. The third-order valence-corrected chi connectivity index (χ3v) is 1.64. The van der Waals surface area contributed by atoms with Crippen LogP contribution in [0.4, 0.5) is 0 Å². The van der Waals surface area contributed by atoms with Crippen LogP contribution in [0.3, 0.4) is 0 Å². The Morgan fingerprint density at radius 2 is 2.17 bits per heavy atom. The van der Waals surface area contributed by atoms with Gasteiger partial charge in [0.2, 0.25) is 0 Å². The van der Waals surface area contributed by atoms with Crippen LogP contribution in [0.15, 0.2) is 10.6 Å². The SMILES string of the molecule is CC(C)(C)c1cc(C(=O)Cl)no1. The Kier molecular flexibility index (Phi) is 2.24. The van der Waals surface area contributed by atoms with E-state index in [0.717, 1.165) is 0 Å². The van der Waals surface area contributed by atoms with Crippen molar-refractivity contribution in [1.82, 2.24) is 5.16 Å². The van der Waals surface area contributed by atoms with Crippen LogP contribution in [0, 0.1) is 0 Å². The minimum absolute atomic E-state index is 0.141. The lowest BCUT2D eigenvalue weighted by Gasteiger charge is -2.11. The average molecular weight is 188 g/mol. The lowest BCUT2D eigenvalue weighted by atomic mass is 9.93. The molecule has 66 valence electrons. The van der Waals surface area contributed by atoms with Gasteiger partial charge in [0.25, 0.3) is 5.24 Å². The maximum atomic E-state index is 10.6. The number of halogens is 1. The molecule has 1 heterocycles. The van der Waals surface area contributed by atoms with E-state index in [9.17, 15) is 4.79 Å². The lowest BCUT2D eigenvalue weighted by molar-refractivity contribution is 0.107. The molecule has 0 unspecified atom stereocenters. The Hall–Kier alpha value is -0.830. The van der Waals surface area contributed by atoms with Crippen LogP contribution in [0.1, 0.15) is 37.0 Å². The topological polar surface area (TPSA) is 43.1 Å². The van der Waals surface area contributed by atoms with Crippen LogP contribution in [0.2, 0.25) is 0 Å². The number of nitrogens with zero attached hydrogens (tertiary/aromatic N) is 1. The fourth-order valence-corrected chi connectivity index (χ4v) is 0.810. The largest absolute Gasteiger partial charge is 0.360 e. The zero-order valence-electron chi connectivity index (χ0n) is 7.22. The summed E-state index contributed by atoms with van der Waals surface area (Å²) in [4.78, 5) is 10.6. The molecule has 1 aromatic rings. The van der Waals surface area contributed by atoms with Crippen molar-refractivity contribution < 1.29 is 9.32 Å². The zero-order chi connectivity index (χ0) is 9.35. The number of aromatic nitrogens is 1. The summed E-state index contributed by atoms with van der Waals surface area (Å²) in [5, 5.41) is 2.94. The van der Waals surface area contributed by atoms with Crippen LogP contribution >= 0.6 is 11.6 Å². The Balaban J connectivity index is 3.00. The van der Waals surface area contributed by atoms with Crippen LogP contribution in [-0.2, 0) is 5.41 Å². The van der Waals surface area contributed by atoms with Gasteiger partial charge in [-0.2, -0.15) is 0 Å². The van der Waals surface area contributed by atoms with Crippen LogP contribution < -0.4 is 0 Å². The molecule has 0 atom stereocenters. The van der Waals surface area contributed by atoms with E-state index in [4.69, 9.17) is 16.1 Å². The number of hydrogen-bond donors (Lipinski definition) is 0. The Morgan fingerprint density at radius 1 is 1.58 bits per heavy atom. The highest BCUT2D eigenvalue weighted by Gasteiger charge is 2.21. The molecular weight excluding hydrogens is 178 g/mol. The molecule has 4 heteroatoms. The number of carbonyl (C=O) groups is 1. The Labute approximate surface area is 75.7 Å². The molecule has 0 aliphatic heterocycles. The molecule has 0 amide bonds.